The van der Waals surface area contributed by atoms with Crippen LogP contribution in [0.3, 0.4) is 0 Å². The number of fused-ring (bicyclic) bond motifs is 2. The number of ketones is 1. The van der Waals surface area contributed by atoms with E-state index in [0.717, 1.165) is 5.56 Å². The largest absolute Gasteiger partial charge is 0.507 e. The number of phenols is 1. The number of benzene rings is 2. The van der Waals surface area contributed by atoms with Crippen LogP contribution in [0.4, 0.5) is 0 Å². The Bertz CT molecular complexity index is 857. The van der Waals surface area contributed by atoms with Gasteiger partial charge in [-0.3, -0.25) is 4.79 Å². The Labute approximate surface area is 144 Å². The zero-order valence-corrected chi connectivity index (χ0v) is 14.0. The second kappa shape index (κ2) is 5.88. The van der Waals surface area contributed by atoms with Crippen LogP contribution in [0.15, 0.2) is 24.3 Å². The molecule has 6 heteroatoms. The van der Waals surface area contributed by atoms with Gasteiger partial charge in [-0.1, -0.05) is 6.07 Å². The molecule has 1 unspecified atom stereocenters. The van der Waals surface area contributed by atoms with Crippen molar-refractivity contribution >= 4 is 5.78 Å². The molecular weight excluding hydrogens is 324 g/mol. The highest BCUT2D eigenvalue weighted by molar-refractivity contribution is 6.04. The molecular formula is C19H18O6. The molecule has 2 aromatic carbocycles. The fraction of sp³-hybridized carbons (Fsp3) is 0.316. The van der Waals surface area contributed by atoms with Crippen LogP contribution in [0.25, 0.3) is 0 Å². The Morgan fingerprint density at radius 2 is 1.96 bits per heavy atom. The van der Waals surface area contributed by atoms with Crippen LogP contribution < -0.4 is 18.9 Å². The molecule has 0 saturated carbocycles. The first-order chi connectivity index (χ1) is 12.1. The third kappa shape index (κ3) is 2.54. The SMILES string of the molecule is COc1cc2c(c(O)c1C)C(=O)C(Cc1ccc3c(c1)OCO3)CO2. The zero-order chi connectivity index (χ0) is 17.6. The second-order valence-electron chi connectivity index (χ2n) is 6.19. The summed E-state index contributed by atoms with van der Waals surface area (Å²) in [6.45, 7) is 2.18. The van der Waals surface area contributed by atoms with Crippen molar-refractivity contribution in [2.24, 2.45) is 5.92 Å². The molecule has 2 aromatic rings. The summed E-state index contributed by atoms with van der Waals surface area (Å²) in [5, 5.41) is 10.4. The minimum atomic E-state index is -0.369. The Balaban J connectivity index is 1.62. The van der Waals surface area contributed by atoms with E-state index in [1.54, 1.807) is 13.0 Å². The van der Waals surface area contributed by atoms with Crippen LogP contribution in [0.1, 0.15) is 21.5 Å². The minimum absolute atomic E-state index is 0.0743. The summed E-state index contributed by atoms with van der Waals surface area (Å²) in [5.41, 5.74) is 1.72. The van der Waals surface area contributed by atoms with Crippen molar-refractivity contribution in [3.05, 3.63) is 41.0 Å². The van der Waals surface area contributed by atoms with E-state index in [0.29, 0.717) is 35.0 Å². The van der Waals surface area contributed by atoms with Gasteiger partial charge in [0.25, 0.3) is 0 Å². The highest BCUT2D eigenvalue weighted by atomic mass is 16.7. The molecule has 0 radical (unpaired) electrons. The van der Waals surface area contributed by atoms with Gasteiger partial charge in [0.2, 0.25) is 6.79 Å². The van der Waals surface area contributed by atoms with Crippen LogP contribution in [-0.4, -0.2) is 31.4 Å². The maximum absolute atomic E-state index is 12.9. The van der Waals surface area contributed by atoms with Gasteiger partial charge in [0.1, 0.15) is 22.8 Å². The van der Waals surface area contributed by atoms with Gasteiger partial charge in [-0.2, -0.15) is 0 Å². The van der Waals surface area contributed by atoms with Crippen molar-refractivity contribution in [3.8, 4) is 28.7 Å². The lowest BCUT2D eigenvalue weighted by Crippen LogP contribution is -2.29. The average molecular weight is 342 g/mol. The normalized spacial score (nSPS) is 17.8. The monoisotopic (exact) mass is 342 g/mol. The first-order valence-corrected chi connectivity index (χ1v) is 8.04. The number of phenolic OH excluding ortho intramolecular Hbond substituents is 1. The number of carbonyl (C=O) groups excluding carboxylic acids is 1. The van der Waals surface area contributed by atoms with E-state index in [9.17, 15) is 9.90 Å². The lowest BCUT2D eigenvalue weighted by Gasteiger charge is -2.26. The molecule has 4 rings (SSSR count). The van der Waals surface area contributed by atoms with Crippen LogP contribution in [0.5, 0.6) is 28.7 Å². The summed E-state index contributed by atoms with van der Waals surface area (Å²) in [4.78, 5) is 12.9. The molecule has 0 aliphatic carbocycles. The quantitative estimate of drug-likeness (QED) is 0.924. The molecule has 6 nitrogen and oxygen atoms in total. The number of Topliss-reactive ketones (excluding diaryl/α,β-unsaturated/α-hetero) is 1. The summed E-state index contributed by atoms with van der Waals surface area (Å²) < 4.78 is 21.6. The summed E-state index contributed by atoms with van der Waals surface area (Å²) >= 11 is 0. The zero-order valence-electron chi connectivity index (χ0n) is 14.0. The minimum Gasteiger partial charge on any atom is -0.507 e. The van der Waals surface area contributed by atoms with Crippen molar-refractivity contribution in [2.45, 2.75) is 13.3 Å². The molecule has 2 aliphatic heterocycles. The first-order valence-electron chi connectivity index (χ1n) is 8.04. The van der Waals surface area contributed by atoms with E-state index in [1.165, 1.54) is 7.11 Å². The molecule has 0 spiro atoms. The molecule has 0 saturated heterocycles. The van der Waals surface area contributed by atoms with Gasteiger partial charge < -0.3 is 24.1 Å². The van der Waals surface area contributed by atoms with E-state index < -0.39 is 0 Å². The van der Waals surface area contributed by atoms with Crippen molar-refractivity contribution in [2.75, 3.05) is 20.5 Å². The molecule has 1 N–H and O–H groups in total. The summed E-state index contributed by atoms with van der Waals surface area (Å²) in [6, 6.07) is 7.28. The predicted molar refractivity (Wildman–Crippen MR) is 89.0 cm³/mol. The number of rotatable bonds is 3. The van der Waals surface area contributed by atoms with Crippen molar-refractivity contribution in [3.63, 3.8) is 0 Å². The number of carbonyl (C=O) groups is 1. The van der Waals surface area contributed by atoms with E-state index in [1.807, 2.05) is 18.2 Å². The van der Waals surface area contributed by atoms with E-state index in [2.05, 4.69) is 0 Å². The number of aromatic hydroxyl groups is 1. The molecule has 0 bridgehead atoms. The fourth-order valence-electron chi connectivity index (χ4n) is 3.26. The Morgan fingerprint density at radius 3 is 2.76 bits per heavy atom. The summed E-state index contributed by atoms with van der Waals surface area (Å²) in [5.74, 6) is 1.69. The number of ether oxygens (including phenoxy) is 4. The topological polar surface area (TPSA) is 74.2 Å². The lowest BCUT2D eigenvalue weighted by atomic mass is 9.88. The first kappa shape index (κ1) is 15.6. The molecule has 25 heavy (non-hydrogen) atoms. The third-order valence-corrected chi connectivity index (χ3v) is 4.67. The lowest BCUT2D eigenvalue weighted by molar-refractivity contribution is 0.0825. The molecule has 0 amide bonds. The van der Waals surface area contributed by atoms with Gasteiger partial charge in [0, 0.05) is 11.6 Å². The molecule has 130 valence electrons. The summed E-state index contributed by atoms with van der Waals surface area (Å²) in [6.07, 6.45) is 0.499. The Morgan fingerprint density at radius 1 is 1.16 bits per heavy atom. The van der Waals surface area contributed by atoms with Gasteiger partial charge >= 0.3 is 0 Å². The number of hydrogen-bond acceptors (Lipinski definition) is 6. The fourth-order valence-corrected chi connectivity index (χ4v) is 3.26. The molecule has 1 atom stereocenters. The van der Waals surface area contributed by atoms with Gasteiger partial charge in [-0.15, -0.1) is 0 Å². The van der Waals surface area contributed by atoms with Crippen molar-refractivity contribution < 1.29 is 28.8 Å². The maximum Gasteiger partial charge on any atom is 0.231 e. The van der Waals surface area contributed by atoms with Crippen molar-refractivity contribution in [1.29, 1.82) is 0 Å². The number of methoxy groups -OCH3 is 1. The van der Waals surface area contributed by atoms with Crippen LogP contribution in [0, 0.1) is 12.8 Å². The van der Waals surface area contributed by atoms with Gasteiger partial charge in [-0.05, 0) is 31.0 Å². The molecule has 0 aromatic heterocycles. The van der Waals surface area contributed by atoms with E-state index >= 15 is 0 Å². The highest BCUT2D eigenvalue weighted by Gasteiger charge is 2.33. The van der Waals surface area contributed by atoms with Crippen LogP contribution in [-0.2, 0) is 6.42 Å². The van der Waals surface area contributed by atoms with Gasteiger partial charge in [0.15, 0.2) is 17.3 Å². The Hall–Kier alpha value is -2.89. The van der Waals surface area contributed by atoms with Gasteiger partial charge in [-0.25, -0.2) is 0 Å². The van der Waals surface area contributed by atoms with Crippen molar-refractivity contribution in [1.82, 2.24) is 0 Å². The molecule has 2 aliphatic rings. The third-order valence-electron chi connectivity index (χ3n) is 4.67. The maximum atomic E-state index is 12.9. The molecule has 2 heterocycles. The predicted octanol–water partition coefficient (Wildman–Crippen LogP) is 2.87. The standard InChI is InChI=1S/C19H18O6/c1-10-14(22-2)7-16-17(18(10)20)19(21)12(8-23-16)5-11-3-4-13-15(6-11)25-9-24-13/h3-4,6-7,12,20H,5,8-9H2,1-2H3. The van der Waals surface area contributed by atoms with Crippen LogP contribution in [0.2, 0.25) is 0 Å². The van der Waals surface area contributed by atoms with E-state index in [-0.39, 0.29) is 36.4 Å². The van der Waals surface area contributed by atoms with E-state index in [4.69, 9.17) is 18.9 Å². The summed E-state index contributed by atoms with van der Waals surface area (Å²) in [7, 11) is 1.52. The highest BCUT2D eigenvalue weighted by Crippen LogP contribution is 2.42. The van der Waals surface area contributed by atoms with Crippen LogP contribution >= 0.6 is 0 Å². The smallest absolute Gasteiger partial charge is 0.231 e. The molecule has 0 fully saturated rings. The van der Waals surface area contributed by atoms with Gasteiger partial charge in [0.05, 0.1) is 19.6 Å². The average Bonchev–Trinajstić information content (AvgIpc) is 3.08. The Kier molecular flexibility index (Phi) is 3.67. The second-order valence-corrected chi connectivity index (χ2v) is 6.19. The number of hydrogen-bond donors (Lipinski definition) is 1.